The van der Waals surface area contributed by atoms with Gasteiger partial charge in [0.2, 0.25) is 5.91 Å². The highest BCUT2D eigenvalue weighted by atomic mass is 16.5. The lowest BCUT2D eigenvalue weighted by Crippen LogP contribution is -2.51. The molecule has 0 aromatic heterocycles. The van der Waals surface area contributed by atoms with E-state index >= 15 is 0 Å². The Balaban J connectivity index is 2.25. The Morgan fingerprint density at radius 3 is 2.22 bits per heavy atom. The third-order valence-electron chi connectivity index (χ3n) is 5.22. The molecular formula is C26H36N2O4. The summed E-state index contributed by atoms with van der Waals surface area (Å²) in [5, 5.41) is 2.94. The van der Waals surface area contributed by atoms with E-state index in [0.29, 0.717) is 18.7 Å². The van der Waals surface area contributed by atoms with Crippen LogP contribution in [0.4, 0.5) is 0 Å². The number of benzene rings is 2. The minimum atomic E-state index is -0.587. The van der Waals surface area contributed by atoms with Crippen LogP contribution in [0.25, 0.3) is 0 Å². The molecule has 1 atom stereocenters. The van der Waals surface area contributed by atoms with Gasteiger partial charge < -0.3 is 19.7 Å². The molecule has 1 N–H and O–H groups in total. The molecule has 0 aliphatic rings. The lowest BCUT2D eigenvalue weighted by molar-refractivity contribution is -0.143. The van der Waals surface area contributed by atoms with Gasteiger partial charge in [0.1, 0.15) is 17.5 Å². The van der Waals surface area contributed by atoms with Crippen molar-refractivity contribution in [3.63, 3.8) is 0 Å². The van der Waals surface area contributed by atoms with Crippen LogP contribution in [-0.4, -0.2) is 42.5 Å². The lowest BCUT2D eigenvalue weighted by atomic mass is 10.0. The van der Waals surface area contributed by atoms with Crippen molar-refractivity contribution in [1.29, 1.82) is 0 Å². The Hall–Kier alpha value is -3.02. The number of para-hydroxylation sites is 1. The molecule has 0 fully saturated rings. The van der Waals surface area contributed by atoms with Crippen molar-refractivity contribution >= 4 is 11.8 Å². The molecule has 6 nitrogen and oxygen atoms in total. The van der Waals surface area contributed by atoms with Gasteiger partial charge in [0, 0.05) is 12.6 Å². The summed E-state index contributed by atoms with van der Waals surface area (Å²) in [5.41, 5.74) is 1.96. The Morgan fingerprint density at radius 2 is 1.66 bits per heavy atom. The smallest absolute Gasteiger partial charge is 0.261 e. The summed E-state index contributed by atoms with van der Waals surface area (Å²) in [7, 11) is 1.61. The van der Waals surface area contributed by atoms with Crippen LogP contribution in [0.15, 0.2) is 48.5 Å². The highest BCUT2D eigenvalue weighted by Crippen LogP contribution is 2.26. The largest absolute Gasteiger partial charge is 0.497 e. The van der Waals surface area contributed by atoms with Crippen molar-refractivity contribution in [2.45, 2.75) is 65.6 Å². The van der Waals surface area contributed by atoms with Gasteiger partial charge in [-0.3, -0.25) is 9.59 Å². The van der Waals surface area contributed by atoms with Crippen LogP contribution in [-0.2, 0) is 16.1 Å². The Kier molecular flexibility index (Phi) is 9.57. The molecule has 0 aliphatic heterocycles. The maximum atomic E-state index is 13.3. The van der Waals surface area contributed by atoms with E-state index < -0.39 is 6.04 Å². The summed E-state index contributed by atoms with van der Waals surface area (Å²) in [4.78, 5) is 27.8. The lowest BCUT2D eigenvalue weighted by Gasteiger charge is -2.31. The van der Waals surface area contributed by atoms with Gasteiger partial charge in [0.15, 0.2) is 6.61 Å². The quantitative estimate of drug-likeness (QED) is 0.557. The van der Waals surface area contributed by atoms with E-state index in [-0.39, 0.29) is 30.4 Å². The van der Waals surface area contributed by atoms with Gasteiger partial charge in [0.25, 0.3) is 5.91 Å². The van der Waals surface area contributed by atoms with Gasteiger partial charge in [-0.05, 0) is 55.5 Å². The number of carbonyl (C=O) groups excluding carboxylic acids is 2. The topological polar surface area (TPSA) is 67.9 Å². The number of nitrogens with one attached hydrogen (secondary N) is 1. The van der Waals surface area contributed by atoms with E-state index in [2.05, 4.69) is 19.2 Å². The first kappa shape index (κ1) is 25.2. The van der Waals surface area contributed by atoms with Crippen molar-refractivity contribution < 1.29 is 19.1 Å². The molecule has 0 saturated heterocycles. The molecule has 0 heterocycles. The zero-order chi connectivity index (χ0) is 23.7. The normalized spacial score (nSPS) is 11.9. The number of hydrogen-bond acceptors (Lipinski definition) is 4. The van der Waals surface area contributed by atoms with E-state index in [9.17, 15) is 9.59 Å². The zero-order valence-electron chi connectivity index (χ0n) is 20.1. The Labute approximate surface area is 191 Å². The molecule has 6 heteroatoms. The number of amides is 2. The molecule has 32 heavy (non-hydrogen) atoms. The van der Waals surface area contributed by atoms with Crippen molar-refractivity contribution in [3.05, 3.63) is 59.7 Å². The minimum absolute atomic E-state index is 0.0105. The third-order valence-corrected chi connectivity index (χ3v) is 5.22. The Bertz CT molecular complexity index is 878. The van der Waals surface area contributed by atoms with Crippen LogP contribution >= 0.6 is 0 Å². The molecule has 0 aliphatic carbocycles. The van der Waals surface area contributed by atoms with Crippen LogP contribution in [0, 0.1) is 0 Å². The molecule has 174 valence electrons. The van der Waals surface area contributed by atoms with E-state index in [0.717, 1.165) is 16.9 Å². The monoisotopic (exact) mass is 440 g/mol. The number of hydrogen-bond donors (Lipinski definition) is 1. The highest BCUT2D eigenvalue weighted by molar-refractivity contribution is 5.88. The molecule has 2 aromatic carbocycles. The summed E-state index contributed by atoms with van der Waals surface area (Å²) in [6.45, 7) is 10.1. The number of nitrogens with zero attached hydrogens (tertiary/aromatic N) is 1. The van der Waals surface area contributed by atoms with E-state index in [1.54, 1.807) is 12.0 Å². The van der Waals surface area contributed by atoms with Crippen LogP contribution in [0.5, 0.6) is 11.5 Å². The fraction of sp³-hybridized carbons (Fsp3) is 0.462. The van der Waals surface area contributed by atoms with Crippen LogP contribution in [0.2, 0.25) is 0 Å². The first-order valence-electron chi connectivity index (χ1n) is 11.2. The van der Waals surface area contributed by atoms with Crippen molar-refractivity contribution in [2.75, 3.05) is 13.7 Å². The SMILES string of the molecule is CCC(C(=O)NC(C)C)N(Cc1ccc(OC)cc1)C(=O)COc1ccccc1C(C)C. The van der Waals surface area contributed by atoms with Gasteiger partial charge in [0.05, 0.1) is 7.11 Å². The van der Waals surface area contributed by atoms with Gasteiger partial charge in [-0.15, -0.1) is 0 Å². The van der Waals surface area contributed by atoms with Crippen LogP contribution in [0.3, 0.4) is 0 Å². The van der Waals surface area contributed by atoms with Crippen molar-refractivity contribution in [2.24, 2.45) is 0 Å². The second-order valence-electron chi connectivity index (χ2n) is 8.44. The number of ether oxygens (including phenoxy) is 2. The van der Waals surface area contributed by atoms with E-state index in [1.807, 2.05) is 69.3 Å². The predicted molar refractivity (Wildman–Crippen MR) is 127 cm³/mol. The molecular weight excluding hydrogens is 404 g/mol. The van der Waals surface area contributed by atoms with Crippen LogP contribution < -0.4 is 14.8 Å². The van der Waals surface area contributed by atoms with Crippen LogP contribution in [0.1, 0.15) is 58.1 Å². The summed E-state index contributed by atoms with van der Waals surface area (Å²) >= 11 is 0. The van der Waals surface area contributed by atoms with Gasteiger partial charge in [-0.2, -0.15) is 0 Å². The first-order valence-corrected chi connectivity index (χ1v) is 11.2. The average Bonchev–Trinajstić information content (AvgIpc) is 2.77. The van der Waals surface area contributed by atoms with Gasteiger partial charge >= 0.3 is 0 Å². The van der Waals surface area contributed by atoms with E-state index in [1.165, 1.54) is 0 Å². The molecule has 2 rings (SSSR count). The molecule has 0 saturated carbocycles. The third kappa shape index (κ3) is 7.01. The fourth-order valence-corrected chi connectivity index (χ4v) is 3.54. The molecule has 1 unspecified atom stereocenters. The maximum absolute atomic E-state index is 13.3. The van der Waals surface area contributed by atoms with Crippen molar-refractivity contribution in [3.8, 4) is 11.5 Å². The summed E-state index contributed by atoms with van der Waals surface area (Å²) in [5.74, 6) is 1.32. The number of carbonyl (C=O) groups is 2. The summed E-state index contributed by atoms with van der Waals surface area (Å²) < 4.78 is 11.2. The predicted octanol–water partition coefficient (Wildman–Crippen LogP) is 4.53. The second kappa shape index (κ2) is 12.1. The first-order chi connectivity index (χ1) is 15.3. The molecule has 0 radical (unpaired) electrons. The highest BCUT2D eigenvalue weighted by Gasteiger charge is 2.29. The maximum Gasteiger partial charge on any atom is 0.261 e. The molecule has 0 spiro atoms. The molecule has 0 bridgehead atoms. The Morgan fingerprint density at radius 1 is 1.00 bits per heavy atom. The van der Waals surface area contributed by atoms with E-state index in [4.69, 9.17) is 9.47 Å². The summed E-state index contributed by atoms with van der Waals surface area (Å²) in [6.07, 6.45) is 0.503. The number of methoxy groups -OCH3 is 1. The molecule has 2 aromatic rings. The zero-order valence-corrected chi connectivity index (χ0v) is 20.1. The van der Waals surface area contributed by atoms with Gasteiger partial charge in [-0.25, -0.2) is 0 Å². The summed E-state index contributed by atoms with van der Waals surface area (Å²) in [6, 6.07) is 14.6. The number of rotatable bonds is 11. The standard InChI is InChI=1S/C26H36N2O4/c1-7-23(26(30)27-19(4)5)28(16-20-12-14-21(31-6)15-13-20)25(29)17-32-24-11-9-8-10-22(24)18(2)3/h8-15,18-19,23H,7,16-17H2,1-6H3,(H,27,30). The second-order valence-corrected chi connectivity index (χ2v) is 8.44. The van der Waals surface area contributed by atoms with Gasteiger partial charge in [-0.1, -0.05) is 51.1 Å². The van der Waals surface area contributed by atoms with Crippen molar-refractivity contribution in [1.82, 2.24) is 10.2 Å². The minimum Gasteiger partial charge on any atom is -0.497 e. The molecule has 2 amide bonds. The fourth-order valence-electron chi connectivity index (χ4n) is 3.54. The average molecular weight is 441 g/mol.